The molecule has 1 aromatic rings. The van der Waals surface area contributed by atoms with E-state index in [1.165, 1.54) is 5.69 Å². The Bertz CT molecular complexity index is 452. The molecule has 1 aliphatic carbocycles. The Kier molecular flexibility index (Phi) is 3.84. The molecule has 2 aliphatic rings. The van der Waals surface area contributed by atoms with Gasteiger partial charge in [0.15, 0.2) is 0 Å². The van der Waals surface area contributed by atoms with Gasteiger partial charge in [0.25, 0.3) is 0 Å². The van der Waals surface area contributed by atoms with E-state index in [1.807, 2.05) is 12.5 Å². The van der Waals surface area contributed by atoms with E-state index < -0.39 is 0 Å². The summed E-state index contributed by atoms with van der Waals surface area (Å²) in [6.07, 6.45) is 5.42. The van der Waals surface area contributed by atoms with Gasteiger partial charge in [-0.1, -0.05) is 13.8 Å². The Morgan fingerprint density at radius 2 is 2.40 bits per heavy atom. The third-order valence-electron chi connectivity index (χ3n) is 4.78. The molecule has 5 nitrogen and oxygen atoms in total. The Morgan fingerprint density at radius 1 is 1.55 bits per heavy atom. The normalized spacial score (nSPS) is 32.9. The molecule has 3 atom stereocenters. The summed E-state index contributed by atoms with van der Waals surface area (Å²) in [4.78, 5) is 4.35. The summed E-state index contributed by atoms with van der Waals surface area (Å²) in [6.45, 7) is 9.99. The number of nitrogens with zero attached hydrogens (tertiary/aromatic N) is 2. The summed E-state index contributed by atoms with van der Waals surface area (Å²) in [5.74, 6) is 0. The molecule has 3 rings (SSSR count). The maximum atomic E-state index is 5.87. The lowest BCUT2D eigenvalue weighted by Gasteiger charge is -2.52. The monoisotopic (exact) mass is 279 g/mol. The van der Waals surface area contributed by atoms with E-state index in [4.69, 9.17) is 9.47 Å². The van der Waals surface area contributed by atoms with Crippen molar-refractivity contribution in [1.82, 2.24) is 14.9 Å². The summed E-state index contributed by atoms with van der Waals surface area (Å²) < 4.78 is 14.0. The first-order valence-corrected chi connectivity index (χ1v) is 7.60. The summed E-state index contributed by atoms with van der Waals surface area (Å²) in [5.41, 5.74) is 1.33. The minimum absolute atomic E-state index is 0.119. The number of rotatable bonds is 4. The van der Waals surface area contributed by atoms with Crippen molar-refractivity contribution in [3.05, 3.63) is 18.2 Å². The second-order valence-electron chi connectivity index (χ2n) is 6.31. The molecule has 1 N–H and O–H groups in total. The Balaban J connectivity index is 1.77. The standard InChI is InChI=1S/C15H25N3O2/c1-4-19-14-7-13(15(14,2)3)18-10-17-8-11(18)12-9-16-5-6-20-12/h8,10,12-14,16H,4-7,9H2,1-3H3. The lowest BCUT2D eigenvalue weighted by Crippen LogP contribution is -2.52. The molecule has 1 saturated heterocycles. The van der Waals surface area contributed by atoms with Crippen molar-refractivity contribution in [3.8, 4) is 0 Å². The van der Waals surface area contributed by atoms with Crippen LogP contribution in [-0.4, -0.2) is 42.0 Å². The predicted molar refractivity (Wildman–Crippen MR) is 76.6 cm³/mol. The number of morpholine rings is 1. The van der Waals surface area contributed by atoms with E-state index >= 15 is 0 Å². The molecule has 2 heterocycles. The first-order chi connectivity index (χ1) is 9.64. The molecule has 0 radical (unpaired) electrons. The van der Waals surface area contributed by atoms with E-state index in [0.717, 1.165) is 32.7 Å². The second kappa shape index (κ2) is 5.47. The van der Waals surface area contributed by atoms with Gasteiger partial charge in [-0.15, -0.1) is 0 Å². The molecular formula is C15H25N3O2. The molecule has 2 fully saturated rings. The van der Waals surface area contributed by atoms with E-state index in [0.29, 0.717) is 12.1 Å². The van der Waals surface area contributed by atoms with Crippen LogP contribution >= 0.6 is 0 Å². The number of hydrogen-bond acceptors (Lipinski definition) is 4. The molecule has 1 aliphatic heterocycles. The molecule has 112 valence electrons. The molecule has 5 heteroatoms. The predicted octanol–water partition coefficient (Wildman–Crippen LogP) is 1.92. The van der Waals surface area contributed by atoms with Crippen molar-refractivity contribution >= 4 is 0 Å². The summed E-state index contributed by atoms with van der Waals surface area (Å²) in [5, 5.41) is 3.38. The van der Waals surface area contributed by atoms with Crippen LogP contribution in [0, 0.1) is 5.41 Å². The van der Waals surface area contributed by atoms with Crippen LogP contribution in [0.15, 0.2) is 12.5 Å². The lowest BCUT2D eigenvalue weighted by atomic mass is 9.64. The smallest absolute Gasteiger partial charge is 0.111 e. The number of imidazole rings is 1. The number of hydrogen-bond donors (Lipinski definition) is 1. The average molecular weight is 279 g/mol. The van der Waals surface area contributed by atoms with Crippen LogP contribution in [0.5, 0.6) is 0 Å². The van der Waals surface area contributed by atoms with Crippen LogP contribution in [0.4, 0.5) is 0 Å². The molecule has 0 bridgehead atoms. The molecule has 0 spiro atoms. The highest BCUT2D eigenvalue weighted by atomic mass is 16.5. The zero-order valence-electron chi connectivity index (χ0n) is 12.6. The van der Waals surface area contributed by atoms with Crippen molar-refractivity contribution in [2.45, 2.75) is 45.4 Å². The fraction of sp³-hybridized carbons (Fsp3) is 0.800. The van der Waals surface area contributed by atoms with Crippen molar-refractivity contribution < 1.29 is 9.47 Å². The van der Waals surface area contributed by atoms with Gasteiger partial charge in [-0.3, -0.25) is 0 Å². The molecule has 0 amide bonds. The highest BCUT2D eigenvalue weighted by molar-refractivity contribution is 5.12. The van der Waals surface area contributed by atoms with Crippen molar-refractivity contribution in [2.75, 3.05) is 26.3 Å². The minimum atomic E-state index is 0.119. The minimum Gasteiger partial charge on any atom is -0.378 e. The van der Waals surface area contributed by atoms with Crippen LogP contribution in [0.3, 0.4) is 0 Å². The zero-order valence-corrected chi connectivity index (χ0v) is 12.6. The maximum absolute atomic E-state index is 5.87. The second-order valence-corrected chi connectivity index (χ2v) is 6.31. The first-order valence-electron chi connectivity index (χ1n) is 7.60. The third kappa shape index (κ3) is 2.28. The van der Waals surface area contributed by atoms with Gasteiger partial charge in [0, 0.05) is 31.2 Å². The fourth-order valence-electron chi connectivity index (χ4n) is 3.40. The number of ether oxygens (including phenoxy) is 2. The summed E-state index contributed by atoms with van der Waals surface area (Å²) >= 11 is 0. The molecule has 20 heavy (non-hydrogen) atoms. The van der Waals surface area contributed by atoms with Crippen LogP contribution in [0.1, 0.15) is 45.0 Å². The summed E-state index contributed by atoms with van der Waals surface area (Å²) in [7, 11) is 0. The highest BCUT2D eigenvalue weighted by Crippen LogP contribution is 2.52. The van der Waals surface area contributed by atoms with E-state index in [-0.39, 0.29) is 11.5 Å². The number of aromatic nitrogens is 2. The van der Waals surface area contributed by atoms with Gasteiger partial charge in [0.05, 0.1) is 30.9 Å². The van der Waals surface area contributed by atoms with E-state index in [9.17, 15) is 0 Å². The molecule has 3 unspecified atom stereocenters. The lowest BCUT2D eigenvalue weighted by molar-refractivity contribution is -0.129. The van der Waals surface area contributed by atoms with Gasteiger partial charge in [-0.05, 0) is 13.3 Å². The van der Waals surface area contributed by atoms with Gasteiger partial charge in [0.2, 0.25) is 0 Å². The fourth-order valence-corrected chi connectivity index (χ4v) is 3.40. The van der Waals surface area contributed by atoms with Gasteiger partial charge in [-0.2, -0.15) is 0 Å². The quantitative estimate of drug-likeness (QED) is 0.915. The van der Waals surface area contributed by atoms with Crippen LogP contribution < -0.4 is 5.32 Å². The van der Waals surface area contributed by atoms with Gasteiger partial charge in [0.1, 0.15) is 6.10 Å². The topological polar surface area (TPSA) is 48.3 Å². The molecule has 1 saturated carbocycles. The maximum Gasteiger partial charge on any atom is 0.111 e. The molecular weight excluding hydrogens is 254 g/mol. The Labute approximate surface area is 120 Å². The van der Waals surface area contributed by atoms with E-state index in [2.05, 4.69) is 35.6 Å². The molecule has 1 aromatic heterocycles. The first kappa shape index (κ1) is 14.0. The van der Waals surface area contributed by atoms with Crippen LogP contribution in [0.2, 0.25) is 0 Å². The Morgan fingerprint density at radius 3 is 3.05 bits per heavy atom. The van der Waals surface area contributed by atoms with Crippen molar-refractivity contribution in [1.29, 1.82) is 0 Å². The van der Waals surface area contributed by atoms with Crippen molar-refractivity contribution in [3.63, 3.8) is 0 Å². The largest absolute Gasteiger partial charge is 0.378 e. The average Bonchev–Trinajstić information content (AvgIpc) is 2.92. The highest BCUT2D eigenvalue weighted by Gasteiger charge is 2.50. The third-order valence-corrected chi connectivity index (χ3v) is 4.78. The SMILES string of the molecule is CCOC1CC(n2cncc2C2CNCCO2)C1(C)C. The van der Waals surface area contributed by atoms with E-state index in [1.54, 1.807) is 0 Å². The Hall–Kier alpha value is -0.910. The molecule has 0 aromatic carbocycles. The van der Waals surface area contributed by atoms with Gasteiger partial charge in [-0.25, -0.2) is 4.98 Å². The van der Waals surface area contributed by atoms with Gasteiger partial charge >= 0.3 is 0 Å². The van der Waals surface area contributed by atoms with Crippen LogP contribution in [0.25, 0.3) is 0 Å². The van der Waals surface area contributed by atoms with Crippen LogP contribution in [-0.2, 0) is 9.47 Å². The summed E-state index contributed by atoms with van der Waals surface area (Å²) in [6, 6.07) is 0.446. The number of nitrogens with one attached hydrogen (secondary N) is 1. The zero-order chi connectivity index (χ0) is 14.2. The van der Waals surface area contributed by atoms with Crippen molar-refractivity contribution in [2.24, 2.45) is 5.41 Å². The van der Waals surface area contributed by atoms with Gasteiger partial charge < -0.3 is 19.4 Å².